The third kappa shape index (κ3) is 4.44. The maximum atomic E-state index is 6.33. The number of hydrogen-bond donors (Lipinski definition) is 2. The third-order valence-electron chi connectivity index (χ3n) is 8.36. The Morgan fingerprint density at radius 3 is 2.48 bits per heavy atom. The molecule has 4 heterocycles. The van der Waals surface area contributed by atoms with Crippen LogP contribution in [0, 0.1) is 0 Å². The number of nitrogen functional groups attached to an aromatic ring is 1. The van der Waals surface area contributed by atoms with E-state index < -0.39 is 0 Å². The van der Waals surface area contributed by atoms with Gasteiger partial charge in [-0.2, -0.15) is 0 Å². The van der Waals surface area contributed by atoms with E-state index >= 15 is 0 Å². The van der Waals surface area contributed by atoms with Crippen molar-refractivity contribution in [3.63, 3.8) is 0 Å². The van der Waals surface area contributed by atoms with Gasteiger partial charge in [0.2, 0.25) is 0 Å². The number of rotatable bonds is 6. The minimum Gasteiger partial charge on any atom is -0.383 e. The molecule has 3 N–H and O–H groups in total. The van der Waals surface area contributed by atoms with Crippen molar-refractivity contribution in [2.75, 3.05) is 42.3 Å². The second-order valence-electron chi connectivity index (χ2n) is 11.0. The van der Waals surface area contributed by atoms with Crippen molar-refractivity contribution < 1.29 is 4.74 Å². The predicted molar refractivity (Wildman–Crippen MR) is 160 cm³/mol. The quantitative estimate of drug-likeness (QED) is 0.274. The number of imidazole rings is 1. The number of benzene rings is 2. The molecule has 1 aliphatic heterocycles. The lowest BCUT2D eigenvalue weighted by molar-refractivity contribution is 0.122. The molecule has 2 aromatic carbocycles. The molecule has 1 saturated carbocycles. The number of ether oxygens (including phenoxy) is 1. The molecule has 0 spiro atoms. The summed E-state index contributed by atoms with van der Waals surface area (Å²) >= 11 is 0. The monoisotopic (exact) mass is 531 g/mol. The number of morpholine rings is 1. The molecule has 40 heavy (non-hydrogen) atoms. The number of fused-ring (bicyclic) bond motifs is 1. The van der Waals surface area contributed by atoms with Crippen LogP contribution in [0.3, 0.4) is 0 Å². The Morgan fingerprint density at radius 1 is 0.900 bits per heavy atom. The van der Waals surface area contributed by atoms with Gasteiger partial charge < -0.3 is 20.7 Å². The summed E-state index contributed by atoms with van der Waals surface area (Å²) in [5.74, 6) is 1.91. The van der Waals surface area contributed by atoms with Gasteiger partial charge in [0, 0.05) is 36.3 Å². The fourth-order valence-corrected chi connectivity index (χ4v) is 5.82. The average Bonchev–Trinajstić information content (AvgIpc) is 3.35. The van der Waals surface area contributed by atoms with Crippen LogP contribution in [0.2, 0.25) is 0 Å². The van der Waals surface area contributed by atoms with Gasteiger partial charge in [0.05, 0.1) is 18.8 Å². The minimum absolute atomic E-state index is 0.275. The summed E-state index contributed by atoms with van der Waals surface area (Å²) in [6.45, 7) is 5.65. The van der Waals surface area contributed by atoms with Crippen molar-refractivity contribution in [3.05, 3.63) is 84.6 Å². The number of aromatic nitrogens is 4. The molecule has 0 amide bonds. The zero-order valence-corrected chi connectivity index (χ0v) is 22.7. The van der Waals surface area contributed by atoms with E-state index in [9.17, 15) is 0 Å². The topological polar surface area (TPSA) is 94.1 Å². The maximum Gasteiger partial charge on any atom is 0.167 e. The van der Waals surface area contributed by atoms with E-state index in [0.717, 1.165) is 66.0 Å². The first kappa shape index (κ1) is 24.6. The van der Waals surface area contributed by atoms with Crippen LogP contribution in [0.4, 0.5) is 23.0 Å². The van der Waals surface area contributed by atoms with E-state index in [1.165, 1.54) is 30.5 Å². The molecule has 2 aliphatic rings. The van der Waals surface area contributed by atoms with Gasteiger partial charge in [-0.3, -0.25) is 4.57 Å². The first-order chi connectivity index (χ1) is 19.6. The molecule has 0 unspecified atom stereocenters. The van der Waals surface area contributed by atoms with Crippen LogP contribution in [-0.4, -0.2) is 45.8 Å². The summed E-state index contributed by atoms with van der Waals surface area (Å²) in [6, 6.07) is 25.1. The molecule has 0 radical (unpaired) electrons. The molecule has 0 bridgehead atoms. The Labute approximate surface area is 233 Å². The minimum atomic E-state index is 0.275. The highest BCUT2D eigenvalue weighted by Crippen LogP contribution is 2.43. The third-order valence-corrected chi connectivity index (χ3v) is 8.36. The smallest absolute Gasteiger partial charge is 0.167 e. The van der Waals surface area contributed by atoms with Crippen LogP contribution in [0.15, 0.2) is 79.0 Å². The predicted octanol–water partition coefficient (Wildman–Crippen LogP) is 6.09. The van der Waals surface area contributed by atoms with Gasteiger partial charge in [-0.05, 0) is 78.4 Å². The Balaban J connectivity index is 1.29. The van der Waals surface area contributed by atoms with Crippen molar-refractivity contribution in [1.29, 1.82) is 0 Å². The zero-order valence-electron chi connectivity index (χ0n) is 22.7. The average molecular weight is 532 g/mol. The number of hydrogen-bond acceptors (Lipinski definition) is 7. The Morgan fingerprint density at radius 2 is 1.73 bits per heavy atom. The molecule has 8 nitrogen and oxygen atoms in total. The van der Waals surface area contributed by atoms with Crippen LogP contribution in [0.25, 0.3) is 28.2 Å². The molecule has 0 atom stereocenters. The molecule has 3 aromatic heterocycles. The Kier molecular flexibility index (Phi) is 6.12. The molecular weight excluding hydrogens is 498 g/mol. The summed E-state index contributed by atoms with van der Waals surface area (Å²) in [7, 11) is 0. The number of nitrogens with two attached hydrogens (primary N) is 1. The number of anilines is 4. The number of pyridine rings is 2. The highest BCUT2D eigenvalue weighted by atomic mass is 16.5. The molecular formula is C32H33N7O. The highest BCUT2D eigenvalue weighted by Gasteiger charge is 2.33. The number of nitrogens with zero attached hydrogens (tertiary/aromatic N) is 5. The van der Waals surface area contributed by atoms with Crippen LogP contribution < -0.4 is 16.0 Å². The molecule has 8 heteroatoms. The summed E-state index contributed by atoms with van der Waals surface area (Å²) in [5.41, 5.74) is 13.5. The molecule has 7 rings (SSSR count). The van der Waals surface area contributed by atoms with E-state index in [4.69, 9.17) is 20.4 Å². The van der Waals surface area contributed by atoms with E-state index in [1.807, 2.05) is 24.3 Å². The summed E-state index contributed by atoms with van der Waals surface area (Å²) in [4.78, 5) is 16.7. The molecule has 202 valence electrons. The standard InChI is InChI=1S/C32H33N7O/c1-32(14-4-15-32)22-8-10-24(11-9-22)39-30(26-7-3-16-34-29(26)33)36-27-12-13-28(37-31(27)39)35-23-5-2-6-25(21-23)38-17-19-40-20-18-38/h2-3,5-13,16,21H,4,14-15,17-20H2,1H3,(H2,33,34)(H,35,37). The molecule has 1 saturated heterocycles. The van der Waals surface area contributed by atoms with Crippen LogP contribution in [0.1, 0.15) is 31.7 Å². The van der Waals surface area contributed by atoms with E-state index in [2.05, 4.69) is 75.2 Å². The van der Waals surface area contributed by atoms with E-state index in [-0.39, 0.29) is 5.41 Å². The van der Waals surface area contributed by atoms with Crippen molar-refractivity contribution in [3.8, 4) is 17.1 Å². The van der Waals surface area contributed by atoms with Crippen LogP contribution >= 0.6 is 0 Å². The van der Waals surface area contributed by atoms with Gasteiger partial charge in [-0.1, -0.05) is 31.5 Å². The second-order valence-corrected chi connectivity index (χ2v) is 11.0. The lowest BCUT2D eigenvalue weighted by Gasteiger charge is -2.39. The Bertz CT molecular complexity index is 1670. The summed E-state index contributed by atoms with van der Waals surface area (Å²) in [6.07, 6.45) is 5.47. The number of nitrogens with one attached hydrogen (secondary N) is 1. The maximum absolute atomic E-state index is 6.33. The van der Waals surface area contributed by atoms with Crippen LogP contribution in [-0.2, 0) is 10.2 Å². The van der Waals surface area contributed by atoms with Crippen molar-refractivity contribution in [2.45, 2.75) is 31.6 Å². The second kappa shape index (κ2) is 9.95. The lowest BCUT2D eigenvalue weighted by Crippen LogP contribution is -2.36. The van der Waals surface area contributed by atoms with Crippen molar-refractivity contribution in [1.82, 2.24) is 19.5 Å². The highest BCUT2D eigenvalue weighted by molar-refractivity contribution is 5.84. The van der Waals surface area contributed by atoms with Gasteiger partial charge in [-0.15, -0.1) is 0 Å². The fraction of sp³-hybridized carbons (Fsp3) is 0.281. The van der Waals surface area contributed by atoms with E-state index in [0.29, 0.717) is 5.82 Å². The van der Waals surface area contributed by atoms with E-state index in [1.54, 1.807) is 6.20 Å². The fourth-order valence-electron chi connectivity index (χ4n) is 5.82. The SMILES string of the molecule is CC1(c2ccc(-n3c(-c4cccnc4N)nc4ccc(Nc5cccc(N6CCOCC6)c5)nc43)cc2)CCC1. The van der Waals surface area contributed by atoms with Gasteiger partial charge in [-0.25, -0.2) is 15.0 Å². The first-order valence-electron chi connectivity index (χ1n) is 14.0. The van der Waals surface area contributed by atoms with Crippen molar-refractivity contribution in [2.24, 2.45) is 0 Å². The first-order valence-corrected chi connectivity index (χ1v) is 14.0. The summed E-state index contributed by atoms with van der Waals surface area (Å²) in [5, 5.41) is 3.51. The largest absolute Gasteiger partial charge is 0.383 e. The Hall–Kier alpha value is -4.43. The molecule has 5 aromatic rings. The normalized spacial score (nSPS) is 16.6. The molecule has 2 fully saturated rings. The van der Waals surface area contributed by atoms with Gasteiger partial charge in [0.15, 0.2) is 11.5 Å². The lowest BCUT2D eigenvalue weighted by atomic mass is 9.66. The van der Waals surface area contributed by atoms with Gasteiger partial charge >= 0.3 is 0 Å². The van der Waals surface area contributed by atoms with Crippen molar-refractivity contribution >= 4 is 34.2 Å². The zero-order chi connectivity index (χ0) is 27.1. The van der Waals surface area contributed by atoms with Gasteiger partial charge in [0.25, 0.3) is 0 Å². The summed E-state index contributed by atoms with van der Waals surface area (Å²) < 4.78 is 7.61. The molecule has 1 aliphatic carbocycles. The van der Waals surface area contributed by atoms with Crippen LogP contribution in [0.5, 0.6) is 0 Å². The van der Waals surface area contributed by atoms with Gasteiger partial charge in [0.1, 0.15) is 17.2 Å².